The zero-order valence-corrected chi connectivity index (χ0v) is 18.8. The highest BCUT2D eigenvalue weighted by Crippen LogP contribution is 2.23. The number of hydrogen-bond donors (Lipinski definition) is 1. The summed E-state index contributed by atoms with van der Waals surface area (Å²) in [6, 6.07) is 14.5. The molecule has 0 aliphatic rings. The first kappa shape index (κ1) is 23.2. The molecule has 0 fully saturated rings. The van der Waals surface area contributed by atoms with Crippen LogP contribution in [-0.2, 0) is 22.4 Å². The van der Waals surface area contributed by atoms with E-state index in [2.05, 4.69) is 5.32 Å². The minimum Gasteiger partial charge on any atom is -0.350 e. The molecule has 0 saturated carbocycles. The first-order valence-electron chi connectivity index (χ1n) is 9.66. The highest BCUT2D eigenvalue weighted by atomic mass is 35.5. The van der Waals surface area contributed by atoms with E-state index in [9.17, 15) is 9.59 Å². The Morgan fingerprint density at radius 3 is 2.24 bits per heavy atom. The molecule has 0 spiro atoms. The third kappa shape index (κ3) is 7.37. The van der Waals surface area contributed by atoms with E-state index in [0.29, 0.717) is 23.0 Å². The van der Waals surface area contributed by atoms with Crippen LogP contribution in [0.2, 0.25) is 10.0 Å². The highest BCUT2D eigenvalue weighted by Gasteiger charge is 2.28. The Balaban J connectivity index is 2.18. The standard InChI is InChI=1S/C23H28Cl2N2O2/c1-16(22(29)26-23(2,3)4)27(13-12-17-8-6-5-7-9-17)21(28)15-18-10-11-19(24)20(25)14-18/h5-11,14,16H,12-13,15H2,1-4H3,(H,26,29)/t16-/m0/s1. The van der Waals surface area contributed by atoms with E-state index < -0.39 is 6.04 Å². The molecule has 0 bridgehead atoms. The lowest BCUT2D eigenvalue weighted by Gasteiger charge is -2.31. The van der Waals surface area contributed by atoms with Gasteiger partial charge in [-0.25, -0.2) is 0 Å². The molecule has 0 saturated heterocycles. The van der Waals surface area contributed by atoms with Crippen molar-refractivity contribution in [2.45, 2.75) is 52.1 Å². The van der Waals surface area contributed by atoms with E-state index in [1.165, 1.54) is 0 Å². The number of nitrogens with zero attached hydrogens (tertiary/aromatic N) is 1. The van der Waals surface area contributed by atoms with Crippen molar-refractivity contribution in [3.8, 4) is 0 Å². The molecule has 6 heteroatoms. The Bertz CT molecular complexity index is 848. The van der Waals surface area contributed by atoms with Gasteiger partial charge in [-0.1, -0.05) is 59.6 Å². The summed E-state index contributed by atoms with van der Waals surface area (Å²) in [6.45, 7) is 7.97. The Labute approximate surface area is 183 Å². The molecule has 1 atom stereocenters. The molecule has 29 heavy (non-hydrogen) atoms. The zero-order valence-electron chi connectivity index (χ0n) is 17.3. The molecule has 4 nitrogen and oxygen atoms in total. The van der Waals surface area contributed by atoms with Gasteiger partial charge in [-0.05, 0) is 57.4 Å². The van der Waals surface area contributed by atoms with Gasteiger partial charge in [0.25, 0.3) is 0 Å². The van der Waals surface area contributed by atoms with E-state index in [4.69, 9.17) is 23.2 Å². The van der Waals surface area contributed by atoms with E-state index in [1.807, 2.05) is 51.1 Å². The number of benzene rings is 2. The molecule has 0 heterocycles. The molecular formula is C23H28Cl2N2O2. The van der Waals surface area contributed by atoms with Gasteiger partial charge in [0, 0.05) is 12.1 Å². The lowest BCUT2D eigenvalue weighted by atomic mass is 10.1. The zero-order chi connectivity index (χ0) is 21.6. The number of hydrogen-bond acceptors (Lipinski definition) is 2. The van der Waals surface area contributed by atoms with Crippen LogP contribution in [0.3, 0.4) is 0 Å². The summed E-state index contributed by atoms with van der Waals surface area (Å²) in [4.78, 5) is 27.5. The maximum absolute atomic E-state index is 13.1. The van der Waals surface area contributed by atoms with Gasteiger partial charge < -0.3 is 10.2 Å². The normalized spacial score (nSPS) is 12.3. The molecule has 2 aromatic rings. The molecule has 2 rings (SSSR count). The van der Waals surface area contributed by atoms with Gasteiger partial charge in [0.05, 0.1) is 16.5 Å². The van der Waals surface area contributed by atoms with E-state index in [0.717, 1.165) is 11.1 Å². The first-order chi connectivity index (χ1) is 13.6. The molecular weight excluding hydrogens is 407 g/mol. The quantitative estimate of drug-likeness (QED) is 0.672. The summed E-state index contributed by atoms with van der Waals surface area (Å²) in [5, 5.41) is 3.82. The molecule has 0 aromatic heterocycles. The molecule has 0 radical (unpaired) electrons. The highest BCUT2D eigenvalue weighted by molar-refractivity contribution is 6.42. The number of rotatable bonds is 7. The second kappa shape index (κ2) is 10.1. The van der Waals surface area contributed by atoms with Crippen LogP contribution in [0.15, 0.2) is 48.5 Å². The summed E-state index contributed by atoms with van der Waals surface area (Å²) in [6.07, 6.45) is 0.819. The van der Waals surface area contributed by atoms with Crippen molar-refractivity contribution < 1.29 is 9.59 Å². The van der Waals surface area contributed by atoms with Crippen LogP contribution in [0.25, 0.3) is 0 Å². The summed E-state index contributed by atoms with van der Waals surface area (Å²) < 4.78 is 0. The third-order valence-corrected chi connectivity index (χ3v) is 5.23. The predicted molar refractivity (Wildman–Crippen MR) is 119 cm³/mol. The van der Waals surface area contributed by atoms with Crippen LogP contribution in [0.1, 0.15) is 38.8 Å². The predicted octanol–water partition coefficient (Wildman–Crippen LogP) is 4.91. The summed E-state index contributed by atoms with van der Waals surface area (Å²) >= 11 is 12.1. The molecule has 156 valence electrons. The van der Waals surface area contributed by atoms with Gasteiger partial charge >= 0.3 is 0 Å². The molecule has 0 aliphatic heterocycles. The topological polar surface area (TPSA) is 49.4 Å². The van der Waals surface area contributed by atoms with Gasteiger partial charge in [-0.2, -0.15) is 0 Å². The average molecular weight is 435 g/mol. The van der Waals surface area contributed by atoms with Crippen molar-refractivity contribution in [1.29, 1.82) is 0 Å². The third-order valence-electron chi connectivity index (χ3n) is 4.49. The monoisotopic (exact) mass is 434 g/mol. The number of nitrogens with one attached hydrogen (secondary N) is 1. The number of amides is 2. The Morgan fingerprint density at radius 1 is 1.00 bits per heavy atom. The van der Waals surface area contributed by atoms with Gasteiger partial charge in [-0.3, -0.25) is 9.59 Å². The smallest absolute Gasteiger partial charge is 0.242 e. The summed E-state index contributed by atoms with van der Waals surface area (Å²) in [7, 11) is 0. The van der Waals surface area contributed by atoms with E-state index in [-0.39, 0.29) is 23.8 Å². The van der Waals surface area contributed by atoms with Crippen molar-refractivity contribution in [2.24, 2.45) is 0 Å². The van der Waals surface area contributed by atoms with Gasteiger partial charge in [0.2, 0.25) is 11.8 Å². The van der Waals surface area contributed by atoms with E-state index in [1.54, 1.807) is 30.0 Å². The minimum atomic E-state index is -0.590. The SMILES string of the molecule is C[C@@H](C(=O)NC(C)(C)C)N(CCc1ccccc1)C(=O)Cc1ccc(Cl)c(Cl)c1. The summed E-state index contributed by atoms with van der Waals surface area (Å²) in [5.41, 5.74) is 1.50. The fourth-order valence-corrected chi connectivity index (χ4v) is 3.29. The average Bonchev–Trinajstić information content (AvgIpc) is 2.64. The number of carbonyl (C=O) groups excluding carboxylic acids is 2. The van der Waals surface area contributed by atoms with Crippen LogP contribution in [0, 0.1) is 0 Å². The molecule has 2 amide bonds. The van der Waals surface area contributed by atoms with E-state index >= 15 is 0 Å². The largest absolute Gasteiger partial charge is 0.350 e. The Hall–Kier alpha value is -2.04. The van der Waals surface area contributed by atoms with Crippen molar-refractivity contribution in [1.82, 2.24) is 10.2 Å². The van der Waals surface area contributed by atoms with Crippen molar-refractivity contribution in [3.63, 3.8) is 0 Å². The minimum absolute atomic E-state index is 0.129. The fourth-order valence-electron chi connectivity index (χ4n) is 2.97. The Morgan fingerprint density at radius 2 is 1.66 bits per heavy atom. The van der Waals surface area contributed by atoms with Crippen LogP contribution < -0.4 is 5.32 Å². The number of halogens is 2. The second-order valence-corrected chi connectivity index (χ2v) is 8.98. The maximum atomic E-state index is 13.1. The second-order valence-electron chi connectivity index (χ2n) is 8.16. The molecule has 0 unspecified atom stereocenters. The van der Waals surface area contributed by atoms with Crippen molar-refractivity contribution in [2.75, 3.05) is 6.54 Å². The lowest BCUT2D eigenvalue weighted by Crippen LogP contribution is -2.53. The summed E-state index contributed by atoms with van der Waals surface area (Å²) in [5.74, 6) is -0.302. The maximum Gasteiger partial charge on any atom is 0.242 e. The molecule has 1 N–H and O–H groups in total. The van der Waals surface area contributed by atoms with Crippen molar-refractivity contribution in [3.05, 3.63) is 69.7 Å². The van der Waals surface area contributed by atoms with Crippen LogP contribution in [0.5, 0.6) is 0 Å². The van der Waals surface area contributed by atoms with Crippen LogP contribution >= 0.6 is 23.2 Å². The van der Waals surface area contributed by atoms with Crippen molar-refractivity contribution >= 4 is 35.0 Å². The van der Waals surface area contributed by atoms with Gasteiger partial charge in [0.15, 0.2) is 0 Å². The first-order valence-corrected chi connectivity index (χ1v) is 10.4. The van der Waals surface area contributed by atoms with Gasteiger partial charge in [-0.15, -0.1) is 0 Å². The van der Waals surface area contributed by atoms with Gasteiger partial charge in [0.1, 0.15) is 6.04 Å². The number of carbonyl (C=O) groups is 2. The fraction of sp³-hybridized carbons (Fsp3) is 0.391. The lowest BCUT2D eigenvalue weighted by molar-refractivity contribution is -0.140. The van der Waals surface area contributed by atoms with Crippen LogP contribution in [-0.4, -0.2) is 34.8 Å². The molecule has 2 aromatic carbocycles. The molecule has 0 aliphatic carbocycles. The Kier molecular flexibility index (Phi) is 8.12. The van der Waals surface area contributed by atoms with Crippen LogP contribution in [0.4, 0.5) is 0 Å².